The van der Waals surface area contributed by atoms with Crippen molar-refractivity contribution in [2.45, 2.75) is 11.5 Å². The van der Waals surface area contributed by atoms with E-state index in [0.29, 0.717) is 11.1 Å². The Kier molecular flexibility index (Phi) is 7.22. The first-order chi connectivity index (χ1) is 14.1. The molecule has 3 rings (SSSR count). The van der Waals surface area contributed by atoms with Crippen molar-refractivity contribution < 1.29 is 25.2 Å². The second kappa shape index (κ2) is 9.51. The fraction of sp³-hybridized carbons (Fsp3) is 0.100. The van der Waals surface area contributed by atoms with Gasteiger partial charge in [-0.05, 0) is 47.5 Å². The van der Waals surface area contributed by atoms with Gasteiger partial charge in [-0.15, -0.1) is 0 Å². The van der Waals surface area contributed by atoms with E-state index in [1.165, 1.54) is 24.3 Å². The van der Waals surface area contributed by atoms with E-state index < -0.39 is 20.2 Å². The first kappa shape index (κ1) is 22.8. The zero-order valence-corrected chi connectivity index (χ0v) is 20.2. The molecule has 6 nitrogen and oxygen atoms in total. The largest absolute Gasteiger partial charge is 0.382 e. The smallest absolute Gasteiger partial charge is 0.313 e. The quantitative estimate of drug-likeness (QED) is 0.350. The minimum absolute atomic E-state index is 0.0385. The van der Waals surface area contributed by atoms with Gasteiger partial charge in [-0.2, -0.15) is 16.8 Å². The third kappa shape index (κ3) is 7.12. The zero-order valence-electron chi connectivity index (χ0n) is 15.4. The summed E-state index contributed by atoms with van der Waals surface area (Å²) >= 11 is 6.58. The minimum atomic E-state index is -3.94. The average Bonchev–Trinajstić information content (AvgIpc) is 2.64. The highest BCUT2D eigenvalue weighted by atomic mass is 79.9. The van der Waals surface area contributed by atoms with Crippen LogP contribution >= 0.6 is 31.9 Å². The molecule has 0 aliphatic carbocycles. The van der Waals surface area contributed by atoms with Gasteiger partial charge in [0.2, 0.25) is 0 Å². The van der Waals surface area contributed by atoms with E-state index in [9.17, 15) is 16.8 Å². The second-order valence-corrected chi connectivity index (χ2v) is 11.3. The molecule has 0 fully saturated rings. The number of hydrogen-bond donors (Lipinski definition) is 0. The Balaban J connectivity index is 1.69. The molecule has 30 heavy (non-hydrogen) atoms. The van der Waals surface area contributed by atoms with Crippen molar-refractivity contribution in [3.63, 3.8) is 0 Å². The minimum Gasteiger partial charge on any atom is -0.382 e. The Hall–Kier alpha value is -1.88. The lowest BCUT2D eigenvalue weighted by Crippen LogP contribution is -2.13. The van der Waals surface area contributed by atoms with E-state index in [0.717, 1.165) is 8.95 Å². The normalized spacial score (nSPS) is 11.8. The Labute approximate surface area is 192 Å². The van der Waals surface area contributed by atoms with Crippen molar-refractivity contribution in [2.24, 2.45) is 0 Å². The third-order valence-electron chi connectivity index (χ3n) is 3.77. The van der Waals surface area contributed by atoms with Gasteiger partial charge in [0.25, 0.3) is 0 Å². The Morgan fingerprint density at radius 1 is 0.600 bits per heavy atom. The maximum atomic E-state index is 12.3. The van der Waals surface area contributed by atoms with E-state index in [2.05, 4.69) is 31.9 Å². The molecule has 0 radical (unpaired) electrons. The van der Waals surface area contributed by atoms with Crippen LogP contribution in [0.4, 0.5) is 0 Å². The van der Waals surface area contributed by atoms with Crippen LogP contribution in [0.2, 0.25) is 0 Å². The molecule has 158 valence electrons. The van der Waals surface area contributed by atoms with E-state index in [1.54, 1.807) is 48.5 Å². The average molecular weight is 576 g/mol. The summed E-state index contributed by atoms with van der Waals surface area (Å²) in [6, 6.07) is 19.1. The number of halogens is 2. The lowest BCUT2D eigenvalue weighted by Gasteiger charge is -2.10. The summed E-state index contributed by atoms with van der Waals surface area (Å²) in [5.41, 5.74) is 1.12. The van der Waals surface area contributed by atoms with Crippen LogP contribution in [0, 0.1) is 0 Å². The van der Waals surface area contributed by atoms with Crippen molar-refractivity contribution in [2.75, 3.05) is 0 Å². The molecule has 0 aliphatic heterocycles. The topological polar surface area (TPSA) is 86.7 Å². The molecule has 0 saturated carbocycles. The lowest BCUT2D eigenvalue weighted by atomic mass is 10.2. The van der Waals surface area contributed by atoms with Crippen LogP contribution < -0.4 is 8.37 Å². The first-order valence-electron chi connectivity index (χ1n) is 8.53. The maximum absolute atomic E-state index is 12.3. The van der Waals surface area contributed by atoms with Crippen LogP contribution in [0.5, 0.6) is 11.5 Å². The molecule has 0 spiro atoms. The lowest BCUT2D eigenvalue weighted by molar-refractivity contribution is 0.475. The molecule has 0 N–H and O–H groups in total. The summed E-state index contributed by atoms with van der Waals surface area (Å²) < 4.78 is 61.2. The van der Waals surface area contributed by atoms with E-state index >= 15 is 0 Å². The molecule has 0 atom stereocenters. The molecular formula is C20H16Br2O6S2. The summed E-state index contributed by atoms with van der Waals surface area (Å²) in [5.74, 6) is -0.729. The molecular weight excluding hydrogens is 560 g/mol. The molecule has 0 bridgehead atoms. The molecule has 0 amide bonds. The highest BCUT2D eigenvalue weighted by Gasteiger charge is 2.17. The van der Waals surface area contributed by atoms with Gasteiger partial charge < -0.3 is 8.37 Å². The molecule has 0 aliphatic rings. The van der Waals surface area contributed by atoms with Crippen molar-refractivity contribution in [1.82, 2.24) is 0 Å². The molecule has 0 saturated heterocycles. The van der Waals surface area contributed by atoms with Gasteiger partial charge in [-0.3, -0.25) is 0 Å². The number of hydrogen-bond acceptors (Lipinski definition) is 6. The molecule has 3 aromatic rings. The standard InChI is InChI=1S/C20H16Br2O6S2/c21-17-8-4-15(5-9-17)13-29(23,24)27-19-2-1-3-20(12-19)28-30(25,26)14-16-6-10-18(22)11-7-16/h1-12H,13-14H2. The SMILES string of the molecule is O=S(=O)(Cc1ccc(Br)cc1)Oc1cccc(OS(=O)(=O)Cc2ccc(Br)cc2)c1. The molecule has 0 aromatic heterocycles. The predicted octanol–water partition coefficient (Wildman–Crippen LogP) is 5.03. The highest BCUT2D eigenvalue weighted by Crippen LogP contribution is 2.24. The summed E-state index contributed by atoms with van der Waals surface area (Å²) in [6.45, 7) is 0. The Morgan fingerprint density at radius 3 is 1.33 bits per heavy atom. The maximum Gasteiger partial charge on any atom is 0.313 e. The molecule has 10 heteroatoms. The molecule has 0 unspecified atom stereocenters. The Morgan fingerprint density at radius 2 is 0.967 bits per heavy atom. The van der Waals surface area contributed by atoms with Crippen LogP contribution in [0.3, 0.4) is 0 Å². The van der Waals surface area contributed by atoms with Gasteiger partial charge in [0, 0.05) is 15.0 Å². The summed E-state index contributed by atoms with van der Waals surface area (Å²) in [4.78, 5) is 0. The monoisotopic (exact) mass is 574 g/mol. The first-order valence-corrected chi connectivity index (χ1v) is 13.3. The van der Waals surface area contributed by atoms with Crippen molar-refractivity contribution >= 4 is 52.1 Å². The Bertz CT molecular complexity index is 1130. The number of benzene rings is 3. The van der Waals surface area contributed by atoms with Crippen LogP contribution in [0.25, 0.3) is 0 Å². The van der Waals surface area contributed by atoms with E-state index in [4.69, 9.17) is 8.37 Å². The molecule has 3 aromatic carbocycles. The van der Waals surface area contributed by atoms with Crippen molar-refractivity contribution in [1.29, 1.82) is 0 Å². The van der Waals surface area contributed by atoms with Crippen LogP contribution in [0.1, 0.15) is 11.1 Å². The van der Waals surface area contributed by atoms with E-state index in [1.807, 2.05) is 0 Å². The van der Waals surface area contributed by atoms with Gasteiger partial charge in [0.05, 0.1) is 0 Å². The fourth-order valence-electron chi connectivity index (χ4n) is 2.50. The van der Waals surface area contributed by atoms with Gasteiger partial charge in [-0.1, -0.05) is 62.2 Å². The van der Waals surface area contributed by atoms with Gasteiger partial charge in [0.15, 0.2) is 0 Å². The summed E-state index contributed by atoms with van der Waals surface area (Å²) in [7, 11) is -7.88. The predicted molar refractivity (Wildman–Crippen MR) is 121 cm³/mol. The van der Waals surface area contributed by atoms with Crippen molar-refractivity contribution in [3.05, 3.63) is 92.9 Å². The van der Waals surface area contributed by atoms with Gasteiger partial charge >= 0.3 is 20.2 Å². The zero-order chi connectivity index (χ0) is 21.8. The molecule has 0 heterocycles. The second-order valence-electron chi connectivity index (χ2n) is 6.30. The van der Waals surface area contributed by atoms with Crippen molar-refractivity contribution in [3.8, 4) is 11.5 Å². The summed E-state index contributed by atoms with van der Waals surface area (Å²) in [5, 5.41) is 0. The number of rotatable bonds is 8. The van der Waals surface area contributed by atoms with Crippen LogP contribution in [-0.4, -0.2) is 16.8 Å². The summed E-state index contributed by atoms with van der Waals surface area (Å²) in [6.07, 6.45) is 0. The van der Waals surface area contributed by atoms with Gasteiger partial charge in [-0.25, -0.2) is 0 Å². The van der Waals surface area contributed by atoms with Crippen LogP contribution in [-0.2, 0) is 31.7 Å². The van der Waals surface area contributed by atoms with Gasteiger partial charge in [0.1, 0.15) is 23.0 Å². The fourth-order valence-corrected chi connectivity index (χ4v) is 5.14. The van der Waals surface area contributed by atoms with E-state index in [-0.39, 0.29) is 23.0 Å². The van der Waals surface area contributed by atoms with Crippen LogP contribution in [0.15, 0.2) is 81.7 Å². The third-order valence-corrected chi connectivity index (χ3v) is 7.09. The highest BCUT2D eigenvalue weighted by molar-refractivity contribution is 9.10.